The summed E-state index contributed by atoms with van der Waals surface area (Å²) in [6.45, 7) is -3.25. The van der Waals surface area contributed by atoms with E-state index in [4.69, 9.17) is 0 Å². The van der Waals surface area contributed by atoms with Gasteiger partial charge in [-0.1, -0.05) is 0 Å². The maximum absolute atomic E-state index is 10.4. The Labute approximate surface area is 180 Å². The number of carboxylic acid groups (broad SMARTS) is 4. The molecule has 10 nitrogen and oxygen atoms in total. The number of aliphatic carboxylic acids is 4. The summed E-state index contributed by atoms with van der Waals surface area (Å²) in [6.07, 6.45) is 0. The maximum Gasteiger partial charge on any atom is 1.00 e. The van der Waals surface area contributed by atoms with Gasteiger partial charge in [0.2, 0.25) is 0 Å². The van der Waals surface area contributed by atoms with Crippen LogP contribution in [-0.2, 0) is 87.5 Å². The molecule has 0 aliphatic carbocycles. The first kappa shape index (κ1) is 35.1. The van der Waals surface area contributed by atoms with E-state index in [1.807, 2.05) is 0 Å². The van der Waals surface area contributed by atoms with Crippen LogP contribution in [0.1, 0.15) is 0 Å². The van der Waals surface area contributed by atoms with Crippen molar-refractivity contribution in [2.45, 2.75) is 0 Å². The van der Waals surface area contributed by atoms with Gasteiger partial charge >= 0.3 is 68.3 Å². The fourth-order valence-corrected chi connectivity index (χ4v) is 1.44. The minimum Gasteiger partial charge on any atom is -0.549 e. The van der Waals surface area contributed by atoms with Crippen LogP contribution in [0.2, 0.25) is 0 Å². The zero-order valence-electron chi connectivity index (χ0n) is 11.6. The molecule has 0 radical (unpaired) electrons. The van der Waals surface area contributed by atoms with Gasteiger partial charge in [0.15, 0.2) is 0 Å². The molecule has 154 valence electrons. The van der Waals surface area contributed by atoms with Crippen LogP contribution >= 0.6 is 0 Å². The summed E-state index contributed by atoms with van der Waals surface area (Å²) in [5.41, 5.74) is 0. The fourth-order valence-electron chi connectivity index (χ4n) is 1.44. The Morgan fingerprint density at radius 2 is 0.667 bits per heavy atom. The van der Waals surface area contributed by atoms with Crippen LogP contribution in [-0.4, -0.2) is 72.9 Å². The number of hydrogen-bond donors (Lipinski definition) is 0. The molecule has 0 unspecified atom stereocenters. The monoisotopic (exact) mass is 540 g/mol. The van der Waals surface area contributed by atoms with Gasteiger partial charge in [-0.2, -0.15) is 0 Å². The molecule has 0 bridgehead atoms. The van der Waals surface area contributed by atoms with Crippen molar-refractivity contribution in [3.8, 4) is 0 Å². The van der Waals surface area contributed by atoms with Crippen molar-refractivity contribution in [1.29, 1.82) is 0 Å². The van der Waals surface area contributed by atoms with E-state index >= 15 is 0 Å². The first-order chi connectivity index (χ1) is 9.20. The number of nitrogens with zero attached hydrogens (tertiary/aromatic N) is 2. The van der Waals surface area contributed by atoms with E-state index in [0.717, 1.165) is 9.80 Å². The predicted molar refractivity (Wildman–Crippen MR) is 52.9 cm³/mol. The molecule has 0 heterocycles. The van der Waals surface area contributed by atoms with E-state index in [2.05, 4.69) is 0 Å². The van der Waals surface area contributed by atoms with Crippen LogP contribution < -0.4 is 20.4 Å². The Kier molecular flexibility index (Phi) is 28.1. The van der Waals surface area contributed by atoms with Crippen LogP contribution in [0.25, 0.3) is 0 Å². The Bertz CT molecular complexity index is 331. The summed E-state index contributed by atoms with van der Waals surface area (Å²) < 4.78 is 0. The molecule has 0 N–H and O–H groups in total. The van der Waals surface area contributed by atoms with Gasteiger partial charge in [0.1, 0.15) is 0 Å². The Morgan fingerprint density at radius 1 is 0.500 bits per heavy atom. The largest absolute Gasteiger partial charge is 1.00 e. The van der Waals surface area contributed by atoms with Crippen LogP contribution in [0.4, 0.5) is 0 Å². The van der Waals surface area contributed by atoms with E-state index in [-0.39, 0.29) is 81.4 Å². The van der Waals surface area contributed by atoms with Gasteiger partial charge < -0.3 is 39.6 Å². The van der Waals surface area contributed by atoms with Gasteiger partial charge in [-0.05, 0) is 0 Å². The molecule has 24 heavy (non-hydrogen) atoms. The number of rotatable bonds is 11. The molecule has 0 fully saturated rings. The van der Waals surface area contributed by atoms with Crippen LogP contribution in [0, 0.1) is 0 Å². The van der Waals surface area contributed by atoms with E-state index in [0.29, 0.717) is 0 Å². The number of carbonyl (C=O) groups excluding carboxylic acids is 4. The third-order valence-corrected chi connectivity index (χ3v) is 2.14. The molecule has 14 heteroatoms. The van der Waals surface area contributed by atoms with Gasteiger partial charge in [0.25, 0.3) is 0 Å². The van der Waals surface area contributed by atoms with Crippen LogP contribution in [0.15, 0.2) is 0 Å². The average Bonchev–Trinajstić information content (AvgIpc) is 2.22. The van der Waals surface area contributed by atoms with E-state index in [9.17, 15) is 39.6 Å². The molecule has 0 spiro atoms. The summed E-state index contributed by atoms with van der Waals surface area (Å²) in [7, 11) is 0. The SMILES string of the molecule is O=C([O-])CN(CCN(CC(=O)[O-])CC(=O)[O-])CC(=O)[O-].[Cu+].[Cu+].[Cu+].[Cu+]. The van der Waals surface area contributed by atoms with Crippen molar-refractivity contribution in [3.05, 3.63) is 0 Å². The van der Waals surface area contributed by atoms with Crippen molar-refractivity contribution in [3.63, 3.8) is 0 Å². The third kappa shape index (κ3) is 21.9. The summed E-state index contributed by atoms with van der Waals surface area (Å²) in [5, 5.41) is 41.6. The second kappa shape index (κ2) is 19.2. The van der Waals surface area contributed by atoms with Crippen molar-refractivity contribution >= 4 is 23.9 Å². The van der Waals surface area contributed by atoms with Crippen molar-refractivity contribution in [2.75, 3.05) is 39.3 Å². The zero-order valence-corrected chi connectivity index (χ0v) is 15.4. The first-order valence-electron chi connectivity index (χ1n) is 5.44. The molecule has 0 aliphatic heterocycles. The molecule has 0 aliphatic rings. The van der Waals surface area contributed by atoms with E-state index < -0.39 is 50.1 Å². The smallest absolute Gasteiger partial charge is 0.549 e. The summed E-state index contributed by atoms with van der Waals surface area (Å²) >= 11 is 0. The van der Waals surface area contributed by atoms with Gasteiger partial charge in [-0.25, -0.2) is 0 Å². The van der Waals surface area contributed by atoms with Crippen LogP contribution in [0.5, 0.6) is 0 Å². The van der Waals surface area contributed by atoms with Crippen molar-refractivity contribution < 1.29 is 108 Å². The minimum absolute atomic E-state index is 0. The number of carbonyl (C=O) groups is 4. The zero-order chi connectivity index (χ0) is 15.7. The molecule has 0 saturated carbocycles. The Balaban J connectivity index is -0.000000301. The Morgan fingerprint density at radius 3 is 0.792 bits per heavy atom. The fraction of sp³-hybridized carbons (Fsp3) is 0.600. The molecule has 0 rings (SSSR count). The minimum atomic E-state index is -1.53. The van der Waals surface area contributed by atoms with Crippen LogP contribution in [0.3, 0.4) is 0 Å². The maximum atomic E-state index is 10.4. The van der Waals surface area contributed by atoms with Crippen molar-refractivity contribution in [2.24, 2.45) is 0 Å². The second-order valence-electron chi connectivity index (χ2n) is 3.91. The molecule has 0 atom stereocenters. The standard InChI is InChI=1S/C10H16N2O8.4Cu/c13-7(14)3-11(4-8(15)16)1-2-12(5-9(17)18)6-10(19)20;;;;/h1-6H2,(H,13,14)(H,15,16)(H,17,18)(H,19,20);;;;/q;4*+1/p-4. The van der Waals surface area contributed by atoms with Crippen molar-refractivity contribution in [1.82, 2.24) is 9.80 Å². The first-order valence-corrected chi connectivity index (χ1v) is 5.44. The average molecular weight is 542 g/mol. The molecule has 0 aromatic carbocycles. The summed E-state index contributed by atoms with van der Waals surface area (Å²) in [4.78, 5) is 43.4. The third-order valence-electron chi connectivity index (χ3n) is 2.14. The van der Waals surface area contributed by atoms with Gasteiger partial charge in [0.05, 0.1) is 23.9 Å². The quantitative estimate of drug-likeness (QED) is 0.229. The topological polar surface area (TPSA) is 167 Å². The van der Waals surface area contributed by atoms with Gasteiger partial charge in [0, 0.05) is 39.3 Å². The summed E-state index contributed by atoms with van der Waals surface area (Å²) in [6, 6.07) is 0. The van der Waals surface area contributed by atoms with E-state index in [1.165, 1.54) is 0 Å². The summed E-state index contributed by atoms with van der Waals surface area (Å²) in [5.74, 6) is -6.12. The predicted octanol–water partition coefficient (Wildman–Crippen LogP) is -7.42. The van der Waals surface area contributed by atoms with E-state index in [1.54, 1.807) is 0 Å². The number of carboxylic acids is 4. The normalized spacial score (nSPS) is 8.92. The molecule has 0 aromatic rings. The Hall–Kier alpha value is -0.122. The second-order valence-corrected chi connectivity index (χ2v) is 3.91. The molecule has 0 saturated heterocycles. The molecule has 0 aromatic heterocycles. The molecular weight excluding hydrogens is 530 g/mol. The number of hydrogen-bond acceptors (Lipinski definition) is 10. The van der Waals surface area contributed by atoms with Gasteiger partial charge in [-0.3, -0.25) is 9.80 Å². The molecule has 0 amide bonds. The molecular formula is C10H12Cu4N2O8. The van der Waals surface area contributed by atoms with Gasteiger partial charge in [-0.15, -0.1) is 0 Å².